The molecule has 0 bridgehead atoms. The number of nitrogens with two attached hydrogens (primary N) is 1. The van der Waals surface area contributed by atoms with Crippen LogP contribution in [-0.2, 0) is 0 Å². The van der Waals surface area contributed by atoms with Crippen LogP contribution < -0.4 is 16.0 Å². The normalized spacial score (nSPS) is 21.4. The minimum atomic E-state index is -0.0445. The Balaban J connectivity index is 1.75. The fourth-order valence-corrected chi connectivity index (χ4v) is 3.74. The van der Waals surface area contributed by atoms with Crippen molar-refractivity contribution in [3.8, 4) is 11.8 Å². The largest absolute Gasteiger partial charge is 0.488 e. The number of hydrogen-bond acceptors (Lipinski definition) is 5. The van der Waals surface area contributed by atoms with E-state index in [4.69, 9.17) is 10.5 Å². The zero-order valence-electron chi connectivity index (χ0n) is 13.4. The van der Waals surface area contributed by atoms with Gasteiger partial charge in [-0.05, 0) is 38.1 Å². The van der Waals surface area contributed by atoms with Crippen LogP contribution in [0.2, 0.25) is 0 Å². The quantitative estimate of drug-likeness (QED) is 0.898. The van der Waals surface area contributed by atoms with Gasteiger partial charge in [0, 0.05) is 24.0 Å². The van der Waals surface area contributed by atoms with E-state index < -0.39 is 0 Å². The molecule has 0 saturated carbocycles. The Morgan fingerprint density at radius 1 is 1.25 bits per heavy atom. The summed E-state index contributed by atoms with van der Waals surface area (Å²) in [5.74, 6) is 0.532. The lowest BCUT2D eigenvalue weighted by atomic mass is 10.0. The molecule has 1 saturated heterocycles. The zero-order valence-corrected chi connectivity index (χ0v) is 13.4. The van der Waals surface area contributed by atoms with Crippen LogP contribution in [0, 0.1) is 11.3 Å². The molecule has 6 heteroatoms. The van der Waals surface area contributed by atoms with Gasteiger partial charge in [0.1, 0.15) is 12.7 Å². The Morgan fingerprint density at radius 2 is 2.00 bits per heavy atom. The molecule has 3 heterocycles. The van der Waals surface area contributed by atoms with Crippen LogP contribution in [0.25, 0.3) is 10.9 Å². The molecule has 124 valence electrons. The van der Waals surface area contributed by atoms with Gasteiger partial charge in [-0.1, -0.05) is 6.07 Å². The summed E-state index contributed by atoms with van der Waals surface area (Å²) in [5, 5.41) is 10.2. The van der Waals surface area contributed by atoms with E-state index in [0.717, 1.165) is 43.4 Å². The van der Waals surface area contributed by atoms with Crippen LogP contribution in [0.5, 0.6) is 5.75 Å². The van der Waals surface area contributed by atoms with Crippen LogP contribution >= 0.6 is 0 Å². The first-order valence-electron chi connectivity index (χ1n) is 8.36. The summed E-state index contributed by atoms with van der Waals surface area (Å²) in [7, 11) is 0. The summed E-state index contributed by atoms with van der Waals surface area (Å²) in [6.45, 7) is 3.08. The van der Waals surface area contributed by atoms with Crippen molar-refractivity contribution in [3.63, 3.8) is 0 Å². The molecular formula is C18H20N4O2. The first-order valence-corrected chi connectivity index (χ1v) is 8.36. The fraction of sp³-hybridized carbons (Fsp3) is 0.444. The van der Waals surface area contributed by atoms with Crippen LogP contribution in [0.1, 0.15) is 24.4 Å². The molecule has 2 N–H and O–H groups in total. The smallest absolute Gasteiger partial charge is 0.251 e. The number of pyridine rings is 1. The van der Waals surface area contributed by atoms with Crippen LogP contribution in [0.4, 0.5) is 0 Å². The molecule has 6 nitrogen and oxygen atoms in total. The van der Waals surface area contributed by atoms with Crippen molar-refractivity contribution in [2.45, 2.75) is 24.9 Å². The van der Waals surface area contributed by atoms with E-state index in [0.29, 0.717) is 17.9 Å². The van der Waals surface area contributed by atoms with Gasteiger partial charge in [-0.3, -0.25) is 9.36 Å². The number of likely N-dealkylation sites (tertiary alicyclic amines) is 1. The van der Waals surface area contributed by atoms with Crippen molar-refractivity contribution >= 4 is 10.9 Å². The fourth-order valence-electron chi connectivity index (χ4n) is 3.74. The Bertz CT molecular complexity index is 875. The SMILES string of the molecule is N#Cc1ccc2ccc(=O)n3c2c1OCC3CN1CCC(N)CC1. The van der Waals surface area contributed by atoms with Gasteiger partial charge < -0.3 is 15.4 Å². The van der Waals surface area contributed by atoms with Crippen molar-refractivity contribution in [2.24, 2.45) is 5.73 Å². The summed E-state index contributed by atoms with van der Waals surface area (Å²) < 4.78 is 7.72. The number of ether oxygens (including phenoxy) is 1. The minimum Gasteiger partial charge on any atom is -0.488 e. The third-order valence-electron chi connectivity index (χ3n) is 5.05. The molecular weight excluding hydrogens is 304 g/mol. The molecule has 0 aliphatic carbocycles. The molecule has 0 amide bonds. The minimum absolute atomic E-state index is 0.0409. The van der Waals surface area contributed by atoms with Crippen molar-refractivity contribution in [1.29, 1.82) is 5.26 Å². The highest BCUT2D eigenvalue weighted by molar-refractivity contribution is 5.88. The molecule has 1 aromatic carbocycles. The van der Waals surface area contributed by atoms with Crippen LogP contribution in [-0.4, -0.2) is 41.8 Å². The first kappa shape index (κ1) is 15.2. The van der Waals surface area contributed by atoms with Gasteiger partial charge in [-0.25, -0.2) is 0 Å². The Labute approximate surface area is 140 Å². The molecule has 1 fully saturated rings. The van der Waals surface area contributed by atoms with Gasteiger partial charge >= 0.3 is 0 Å². The second-order valence-electron chi connectivity index (χ2n) is 6.64. The molecule has 0 spiro atoms. The summed E-state index contributed by atoms with van der Waals surface area (Å²) in [6.07, 6.45) is 1.98. The van der Waals surface area contributed by atoms with E-state index in [1.165, 1.54) is 0 Å². The van der Waals surface area contributed by atoms with Crippen molar-refractivity contribution < 1.29 is 4.74 Å². The summed E-state index contributed by atoms with van der Waals surface area (Å²) >= 11 is 0. The second kappa shape index (κ2) is 5.93. The van der Waals surface area contributed by atoms with E-state index in [1.54, 1.807) is 18.2 Å². The lowest BCUT2D eigenvalue weighted by Crippen LogP contribution is -2.45. The second-order valence-corrected chi connectivity index (χ2v) is 6.64. The van der Waals surface area contributed by atoms with E-state index in [2.05, 4.69) is 11.0 Å². The van der Waals surface area contributed by atoms with Crippen LogP contribution in [0.3, 0.4) is 0 Å². The molecule has 2 aliphatic heterocycles. The predicted octanol–water partition coefficient (Wildman–Crippen LogP) is 1.23. The highest BCUT2D eigenvalue weighted by atomic mass is 16.5. The molecule has 1 aromatic heterocycles. The molecule has 4 rings (SSSR count). The number of piperidine rings is 1. The Hall–Kier alpha value is -2.36. The Morgan fingerprint density at radius 3 is 2.75 bits per heavy atom. The maximum Gasteiger partial charge on any atom is 0.251 e. The topological polar surface area (TPSA) is 84.3 Å². The van der Waals surface area contributed by atoms with Crippen LogP contribution in [0.15, 0.2) is 29.1 Å². The third-order valence-corrected chi connectivity index (χ3v) is 5.05. The van der Waals surface area contributed by atoms with E-state index in [9.17, 15) is 10.1 Å². The maximum atomic E-state index is 12.5. The monoisotopic (exact) mass is 324 g/mol. The number of aromatic nitrogens is 1. The van der Waals surface area contributed by atoms with Gasteiger partial charge in [-0.2, -0.15) is 5.26 Å². The maximum absolute atomic E-state index is 12.5. The number of nitrogens with zero attached hydrogens (tertiary/aromatic N) is 3. The average molecular weight is 324 g/mol. The third kappa shape index (κ3) is 2.46. The Kier molecular flexibility index (Phi) is 3.75. The highest BCUT2D eigenvalue weighted by Gasteiger charge is 2.28. The van der Waals surface area contributed by atoms with E-state index in [1.807, 2.05) is 10.6 Å². The van der Waals surface area contributed by atoms with E-state index >= 15 is 0 Å². The number of hydrogen-bond donors (Lipinski definition) is 1. The number of nitriles is 1. The lowest BCUT2D eigenvalue weighted by molar-refractivity contribution is 0.145. The molecule has 24 heavy (non-hydrogen) atoms. The number of rotatable bonds is 2. The first-order chi connectivity index (χ1) is 11.7. The molecule has 2 aromatic rings. The van der Waals surface area contributed by atoms with Gasteiger partial charge in [0.2, 0.25) is 0 Å². The summed E-state index contributed by atoms with van der Waals surface area (Å²) in [5.41, 5.74) is 7.15. The summed E-state index contributed by atoms with van der Waals surface area (Å²) in [6, 6.07) is 9.42. The zero-order chi connectivity index (χ0) is 16.7. The lowest BCUT2D eigenvalue weighted by Gasteiger charge is -2.35. The van der Waals surface area contributed by atoms with Crippen molar-refractivity contribution in [1.82, 2.24) is 9.47 Å². The standard InChI is InChI=1S/C18H20N4O2/c19-9-13-2-1-12-3-4-16(23)22-15(11-24-18(13)17(12)22)10-21-7-5-14(20)6-8-21/h1-4,14-15H,5-8,10-11,20H2. The summed E-state index contributed by atoms with van der Waals surface area (Å²) in [4.78, 5) is 14.9. The van der Waals surface area contributed by atoms with E-state index in [-0.39, 0.29) is 17.6 Å². The van der Waals surface area contributed by atoms with Gasteiger partial charge in [0.05, 0.1) is 17.1 Å². The molecule has 0 radical (unpaired) electrons. The number of benzene rings is 1. The molecule has 1 atom stereocenters. The average Bonchev–Trinajstić information content (AvgIpc) is 2.61. The van der Waals surface area contributed by atoms with Crippen molar-refractivity contribution in [3.05, 3.63) is 40.2 Å². The van der Waals surface area contributed by atoms with Gasteiger partial charge in [0.15, 0.2) is 5.75 Å². The predicted molar refractivity (Wildman–Crippen MR) is 91.1 cm³/mol. The van der Waals surface area contributed by atoms with Gasteiger partial charge in [-0.15, -0.1) is 0 Å². The van der Waals surface area contributed by atoms with Gasteiger partial charge in [0.25, 0.3) is 5.56 Å². The molecule has 1 unspecified atom stereocenters. The molecule has 2 aliphatic rings. The highest BCUT2D eigenvalue weighted by Crippen LogP contribution is 2.34. The van der Waals surface area contributed by atoms with Crippen molar-refractivity contribution in [2.75, 3.05) is 26.2 Å².